The SMILES string of the molecule is CCNC(c1cc(OC)cc(OC)c1)C1CCS(=O)(=O)C1. The van der Waals surface area contributed by atoms with Gasteiger partial charge < -0.3 is 14.8 Å². The van der Waals surface area contributed by atoms with Crippen molar-refractivity contribution in [1.82, 2.24) is 5.32 Å². The molecule has 21 heavy (non-hydrogen) atoms. The Hall–Kier alpha value is -1.27. The number of benzene rings is 1. The zero-order valence-corrected chi connectivity index (χ0v) is 13.6. The van der Waals surface area contributed by atoms with E-state index in [1.807, 2.05) is 25.1 Å². The van der Waals surface area contributed by atoms with Gasteiger partial charge in [0.15, 0.2) is 9.84 Å². The monoisotopic (exact) mass is 313 g/mol. The number of rotatable bonds is 6. The van der Waals surface area contributed by atoms with Gasteiger partial charge in [-0.05, 0) is 36.6 Å². The molecule has 1 fully saturated rings. The van der Waals surface area contributed by atoms with Gasteiger partial charge in [0.1, 0.15) is 11.5 Å². The Morgan fingerprint density at radius 3 is 2.29 bits per heavy atom. The average molecular weight is 313 g/mol. The molecule has 2 unspecified atom stereocenters. The summed E-state index contributed by atoms with van der Waals surface area (Å²) in [6, 6.07) is 5.70. The smallest absolute Gasteiger partial charge is 0.150 e. The molecule has 1 aromatic rings. The van der Waals surface area contributed by atoms with E-state index < -0.39 is 9.84 Å². The van der Waals surface area contributed by atoms with Crippen LogP contribution >= 0.6 is 0 Å². The molecule has 0 radical (unpaired) electrons. The number of nitrogens with one attached hydrogen (secondary N) is 1. The van der Waals surface area contributed by atoms with Crippen LogP contribution in [0.4, 0.5) is 0 Å². The molecule has 1 aliphatic rings. The maximum Gasteiger partial charge on any atom is 0.150 e. The summed E-state index contributed by atoms with van der Waals surface area (Å²) in [5.41, 5.74) is 1.01. The standard InChI is InChI=1S/C15H23NO4S/c1-4-16-15(11-5-6-21(17,18)10-11)12-7-13(19-2)9-14(8-12)20-3/h7-9,11,15-16H,4-6,10H2,1-3H3. The average Bonchev–Trinajstić information content (AvgIpc) is 2.83. The third-order valence-electron chi connectivity index (χ3n) is 3.90. The summed E-state index contributed by atoms with van der Waals surface area (Å²) in [7, 11) is 0.323. The van der Waals surface area contributed by atoms with Gasteiger partial charge in [0, 0.05) is 12.1 Å². The number of hydrogen-bond donors (Lipinski definition) is 1. The van der Waals surface area contributed by atoms with Crippen LogP contribution in [0.3, 0.4) is 0 Å². The molecule has 2 rings (SSSR count). The molecule has 2 atom stereocenters. The van der Waals surface area contributed by atoms with Gasteiger partial charge in [-0.3, -0.25) is 0 Å². The molecule has 1 aromatic carbocycles. The highest BCUT2D eigenvalue weighted by atomic mass is 32.2. The Kier molecular flexibility index (Phi) is 5.11. The minimum atomic E-state index is -2.90. The summed E-state index contributed by atoms with van der Waals surface area (Å²) < 4.78 is 34.1. The van der Waals surface area contributed by atoms with Crippen molar-refractivity contribution in [3.63, 3.8) is 0 Å². The van der Waals surface area contributed by atoms with Crippen LogP contribution in [-0.4, -0.2) is 40.7 Å². The molecule has 0 aliphatic carbocycles. The van der Waals surface area contributed by atoms with Crippen LogP contribution in [0.1, 0.15) is 24.9 Å². The first-order chi connectivity index (χ1) is 9.99. The largest absolute Gasteiger partial charge is 0.497 e. The molecule has 0 spiro atoms. The minimum Gasteiger partial charge on any atom is -0.497 e. The molecule has 1 aliphatic heterocycles. The number of methoxy groups -OCH3 is 2. The molecule has 1 saturated heterocycles. The quantitative estimate of drug-likeness (QED) is 0.867. The summed E-state index contributed by atoms with van der Waals surface area (Å²) in [5.74, 6) is 2.04. The zero-order valence-electron chi connectivity index (χ0n) is 12.8. The van der Waals surface area contributed by atoms with Crippen molar-refractivity contribution in [3.05, 3.63) is 23.8 Å². The van der Waals surface area contributed by atoms with Crippen LogP contribution in [0.2, 0.25) is 0 Å². The molecule has 5 nitrogen and oxygen atoms in total. The highest BCUT2D eigenvalue weighted by molar-refractivity contribution is 7.91. The predicted molar refractivity (Wildman–Crippen MR) is 82.7 cm³/mol. The van der Waals surface area contributed by atoms with Crippen molar-refractivity contribution in [3.8, 4) is 11.5 Å². The van der Waals surface area contributed by atoms with Crippen molar-refractivity contribution >= 4 is 9.84 Å². The van der Waals surface area contributed by atoms with Gasteiger partial charge in [-0.1, -0.05) is 6.92 Å². The zero-order chi connectivity index (χ0) is 15.5. The van der Waals surface area contributed by atoms with Gasteiger partial charge in [-0.15, -0.1) is 0 Å². The highest BCUT2D eigenvalue weighted by Gasteiger charge is 2.34. The molecule has 1 N–H and O–H groups in total. The Labute approximate surface area is 126 Å². The summed E-state index contributed by atoms with van der Waals surface area (Å²) in [6.45, 7) is 2.80. The maximum absolute atomic E-state index is 11.8. The van der Waals surface area contributed by atoms with Crippen LogP contribution in [0.15, 0.2) is 18.2 Å². The van der Waals surface area contributed by atoms with Crippen molar-refractivity contribution in [2.24, 2.45) is 5.92 Å². The fourth-order valence-corrected chi connectivity index (χ4v) is 4.71. The fourth-order valence-electron chi connectivity index (χ4n) is 2.87. The van der Waals surface area contributed by atoms with Gasteiger partial charge in [0.2, 0.25) is 0 Å². The lowest BCUT2D eigenvalue weighted by atomic mass is 9.92. The molecular weight excluding hydrogens is 290 g/mol. The molecule has 0 amide bonds. The second kappa shape index (κ2) is 6.66. The molecule has 0 bridgehead atoms. The number of ether oxygens (including phenoxy) is 2. The number of hydrogen-bond acceptors (Lipinski definition) is 5. The molecule has 1 heterocycles. The summed E-state index contributed by atoms with van der Waals surface area (Å²) in [5, 5.41) is 3.41. The van der Waals surface area contributed by atoms with Gasteiger partial charge >= 0.3 is 0 Å². The van der Waals surface area contributed by atoms with Crippen LogP contribution in [-0.2, 0) is 9.84 Å². The molecule has 6 heteroatoms. The van der Waals surface area contributed by atoms with Gasteiger partial charge in [-0.2, -0.15) is 0 Å². The van der Waals surface area contributed by atoms with Crippen LogP contribution in [0, 0.1) is 5.92 Å². The van der Waals surface area contributed by atoms with E-state index in [1.165, 1.54) is 0 Å². The van der Waals surface area contributed by atoms with Crippen molar-refractivity contribution in [2.75, 3.05) is 32.3 Å². The second-order valence-electron chi connectivity index (χ2n) is 5.34. The Balaban J connectivity index is 2.33. The summed E-state index contributed by atoms with van der Waals surface area (Å²) >= 11 is 0. The summed E-state index contributed by atoms with van der Waals surface area (Å²) in [4.78, 5) is 0. The maximum atomic E-state index is 11.8. The van der Waals surface area contributed by atoms with Crippen molar-refractivity contribution < 1.29 is 17.9 Å². The van der Waals surface area contributed by atoms with Gasteiger partial charge in [0.25, 0.3) is 0 Å². The van der Waals surface area contributed by atoms with Gasteiger partial charge in [-0.25, -0.2) is 8.42 Å². The molecule has 0 aromatic heterocycles. The first kappa shape index (κ1) is 16.1. The van der Waals surface area contributed by atoms with E-state index in [1.54, 1.807) is 14.2 Å². The van der Waals surface area contributed by atoms with E-state index in [2.05, 4.69) is 5.32 Å². The lowest BCUT2D eigenvalue weighted by Gasteiger charge is -2.25. The summed E-state index contributed by atoms with van der Waals surface area (Å²) in [6.07, 6.45) is 0.694. The Morgan fingerprint density at radius 1 is 1.24 bits per heavy atom. The highest BCUT2D eigenvalue weighted by Crippen LogP contribution is 2.35. The lowest BCUT2D eigenvalue weighted by molar-refractivity contribution is 0.378. The van der Waals surface area contributed by atoms with Gasteiger partial charge in [0.05, 0.1) is 25.7 Å². The van der Waals surface area contributed by atoms with Crippen LogP contribution < -0.4 is 14.8 Å². The minimum absolute atomic E-state index is 0.00345. The second-order valence-corrected chi connectivity index (χ2v) is 7.57. The van der Waals surface area contributed by atoms with Crippen molar-refractivity contribution in [1.29, 1.82) is 0 Å². The fraction of sp³-hybridized carbons (Fsp3) is 0.600. The topological polar surface area (TPSA) is 64.6 Å². The molecular formula is C15H23NO4S. The van der Waals surface area contributed by atoms with Crippen LogP contribution in [0.25, 0.3) is 0 Å². The first-order valence-corrected chi connectivity index (χ1v) is 8.98. The lowest BCUT2D eigenvalue weighted by Crippen LogP contribution is -2.29. The number of sulfone groups is 1. The van der Waals surface area contributed by atoms with E-state index in [-0.39, 0.29) is 23.5 Å². The van der Waals surface area contributed by atoms with E-state index in [0.29, 0.717) is 17.9 Å². The first-order valence-electron chi connectivity index (χ1n) is 7.16. The Bertz CT molecular complexity index is 563. The molecule has 0 saturated carbocycles. The van der Waals surface area contributed by atoms with Crippen LogP contribution in [0.5, 0.6) is 11.5 Å². The normalized spacial score (nSPS) is 22.0. The predicted octanol–water partition coefficient (Wildman–Crippen LogP) is 1.79. The van der Waals surface area contributed by atoms with Crippen molar-refractivity contribution in [2.45, 2.75) is 19.4 Å². The Morgan fingerprint density at radius 2 is 1.86 bits per heavy atom. The van der Waals surface area contributed by atoms with E-state index in [9.17, 15) is 8.42 Å². The van der Waals surface area contributed by atoms with E-state index in [4.69, 9.17) is 9.47 Å². The van der Waals surface area contributed by atoms with E-state index in [0.717, 1.165) is 12.1 Å². The van der Waals surface area contributed by atoms with E-state index >= 15 is 0 Å². The molecule has 118 valence electrons. The third kappa shape index (κ3) is 3.89. The third-order valence-corrected chi connectivity index (χ3v) is 5.69.